The van der Waals surface area contributed by atoms with Crippen LogP contribution < -0.4 is 5.73 Å². The molecule has 0 fully saturated rings. The van der Waals surface area contributed by atoms with E-state index in [9.17, 15) is 0 Å². The third kappa shape index (κ3) is 2.55. The van der Waals surface area contributed by atoms with Gasteiger partial charge in [0, 0.05) is 28.1 Å². The number of rotatable bonds is 2. The van der Waals surface area contributed by atoms with E-state index in [0.717, 1.165) is 26.9 Å². The van der Waals surface area contributed by atoms with E-state index in [1.165, 1.54) is 0 Å². The summed E-state index contributed by atoms with van der Waals surface area (Å²) in [5.74, 6) is 0.404. The average molecular weight is 414 g/mol. The number of hydrogen-bond donors (Lipinski definition) is 1. The summed E-state index contributed by atoms with van der Waals surface area (Å²) >= 11 is 9.82. The van der Waals surface area contributed by atoms with Crippen molar-refractivity contribution >= 4 is 33.4 Å². The smallest absolute Gasteiger partial charge is 0.146 e. The number of fused-ring (bicyclic) bond motifs is 1. The molecule has 2 aromatic heterocycles. The summed E-state index contributed by atoms with van der Waals surface area (Å²) in [5, 5.41) is 0.550. The number of aromatic nitrogens is 2. The van der Waals surface area contributed by atoms with Crippen LogP contribution in [0.4, 0.5) is 0 Å². The Bertz CT molecular complexity index is 970. The fourth-order valence-corrected chi connectivity index (χ4v) is 3.86. The van der Waals surface area contributed by atoms with Gasteiger partial charge in [0.15, 0.2) is 0 Å². The van der Waals surface area contributed by atoms with Gasteiger partial charge in [-0.1, -0.05) is 39.7 Å². The molecular formula is C19H14BrClN4. The van der Waals surface area contributed by atoms with Crippen molar-refractivity contribution < 1.29 is 0 Å². The monoisotopic (exact) mass is 412 g/mol. The lowest BCUT2D eigenvalue weighted by molar-refractivity contribution is 0.667. The number of nitrogens with zero attached hydrogens (tertiary/aromatic N) is 3. The Morgan fingerprint density at radius 2 is 1.88 bits per heavy atom. The van der Waals surface area contributed by atoms with Gasteiger partial charge in [-0.25, -0.2) is 4.99 Å². The molecule has 6 heteroatoms. The number of amidine groups is 1. The molecule has 1 aliphatic rings. The van der Waals surface area contributed by atoms with E-state index >= 15 is 0 Å². The third-order valence-electron chi connectivity index (χ3n) is 4.33. The van der Waals surface area contributed by atoms with E-state index in [-0.39, 0.29) is 0 Å². The second-order valence-corrected chi connectivity index (χ2v) is 7.31. The van der Waals surface area contributed by atoms with Crippen molar-refractivity contribution in [3.63, 3.8) is 0 Å². The molecule has 25 heavy (non-hydrogen) atoms. The second-order valence-electron chi connectivity index (χ2n) is 5.95. The number of aryl methyl sites for hydroxylation is 1. The summed E-state index contributed by atoms with van der Waals surface area (Å²) in [5.41, 5.74) is 9.85. The van der Waals surface area contributed by atoms with Crippen molar-refractivity contribution in [3.8, 4) is 0 Å². The van der Waals surface area contributed by atoms with Crippen LogP contribution in [-0.4, -0.2) is 15.8 Å². The Labute approximate surface area is 158 Å². The van der Waals surface area contributed by atoms with Gasteiger partial charge in [0.1, 0.15) is 17.1 Å². The molecule has 0 amide bonds. The number of pyridine rings is 2. The SMILES string of the molecule is Cc1cc(C2(c3cccc(Br)c3)N=C(N)c3ncc(Cl)cc32)ccn1. The van der Waals surface area contributed by atoms with E-state index in [4.69, 9.17) is 22.3 Å². The van der Waals surface area contributed by atoms with Gasteiger partial charge in [-0.2, -0.15) is 0 Å². The first-order valence-corrected chi connectivity index (χ1v) is 8.89. The van der Waals surface area contributed by atoms with Crippen LogP contribution in [0.2, 0.25) is 5.02 Å². The van der Waals surface area contributed by atoms with Crippen LogP contribution in [-0.2, 0) is 5.54 Å². The van der Waals surface area contributed by atoms with Crippen LogP contribution in [0.3, 0.4) is 0 Å². The number of nitrogens with two attached hydrogens (primary N) is 1. The van der Waals surface area contributed by atoms with E-state index in [1.807, 2.05) is 49.4 Å². The lowest BCUT2D eigenvalue weighted by atomic mass is 9.78. The zero-order valence-electron chi connectivity index (χ0n) is 13.4. The first kappa shape index (κ1) is 16.2. The molecule has 0 spiro atoms. The molecule has 3 heterocycles. The minimum absolute atomic E-state index is 0.404. The number of hydrogen-bond acceptors (Lipinski definition) is 4. The first-order chi connectivity index (χ1) is 12.0. The van der Waals surface area contributed by atoms with Crippen molar-refractivity contribution in [2.45, 2.75) is 12.5 Å². The molecule has 0 saturated carbocycles. The molecule has 0 bridgehead atoms. The van der Waals surface area contributed by atoms with E-state index in [1.54, 1.807) is 12.4 Å². The van der Waals surface area contributed by atoms with Gasteiger partial charge >= 0.3 is 0 Å². The fourth-order valence-electron chi connectivity index (χ4n) is 3.30. The quantitative estimate of drug-likeness (QED) is 0.684. The van der Waals surface area contributed by atoms with Gasteiger partial charge < -0.3 is 5.73 Å². The summed E-state index contributed by atoms with van der Waals surface area (Å²) < 4.78 is 0.965. The molecule has 4 nitrogen and oxygen atoms in total. The maximum atomic E-state index is 6.26. The number of halogens is 2. The lowest BCUT2D eigenvalue weighted by Gasteiger charge is -2.29. The molecular weight excluding hydrogens is 400 g/mol. The minimum Gasteiger partial charge on any atom is -0.382 e. The zero-order valence-corrected chi connectivity index (χ0v) is 15.7. The first-order valence-electron chi connectivity index (χ1n) is 7.71. The van der Waals surface area contributed by atoms with E-state index < -0.39 is 5.54 Å². The van der Waals surface area contributed by atoms with Crippen molar-refractivity contribution in [2.24, 2.45) is 10.7 Å². The Kier molecular flexibility index (Phi) is 3.85. The van der Waals surface area contributed by atoms with Crippen LogP contribution in [0, 0.1) is 6.92 Å². The van der Waals surface area contributed by atoms with E-state index in [0.29, 0.717) is 16.6 Å². The molecule has 1 atom stereocenters. The summed E-state index contributed by atoms with van der Waals surface area (Å²) in [4.78, 5) is 13.6. The van der Waals surface area contributed by atoms with Crippen molar-refractivity contribution in [1.29, 1.82) is 0 Å². The summed E-state index contributed by atoms with van der Waals surface area (Å²) in [6.07, 6.45) is 3.38. The summed E-state index contributed by atoms with van der Waals surface area (Å²) in [6, 6.07) is 13.9. The number of benzene rings is 1. The Morgan fingerprint density at radius 1 is 1.08 bits per heavy atom. The second kappa shape index (κ2) is 5.93. The predicted octanol–water partition coefficient (Wildman–Crippen LogP) is 4.21. The normalized spacial score (nSPS) is 18.8. The Balaban J connectivity index is 2.11. The molecule has 4 rings (SSSR count). The fraction of sp³-hybridized carbons (Fsp3) is 0.105. The van der Waals surface area contributed by atoms with Crippen LogP contribution in [0.5, 0.6) is 0 Å². The summed E-state index contributed by atoms with van der Waals surface area (Å²) in [6.45, 7) is 1.96. The van der Waals surface area contributed by atoms with Crippen molar-refractivity contribution in [2.75, 3.05) is 0 Å². The molecule has 1 aliphatic heterocycles. The minimum atomic E-state index is -0.797. The molecule has 2 N–H and O–H groups in total. The molecule has 1 aromatic carbocycles. The standard InChI is InChI=1S/C19H14BrClN4/c1-11-7-13(5-6-23-11)19(12-3-2-4-14(20)8-12)16-9-15(21)10-24-17(16)18(22)25-19/h2-10H,1H3,(H2,22,25). The van der Waals surface area contributed by atoms with Gasteiger partial charge in [-0.3, -0.25) is 9.97 Å². The Hall–Kier alpha value is -2.24. The highest BCUT2D eigenvalue weighted by Crippen LogP contribution is 2.46. The largest absolute Gasteiger partial charge is 0.382 e. The highest BCUT2D eigenvalue weighted by atomic mass is 79.9. The van der Waals surface area contributed by atoms with Gasteiger partial charge in [-0.05, 0) is 48.4 Å². The predicted molar refractivity (Wildman–Crippen MR) is 103 cm³/mol. The summed E-state index contributed by atoms with van der Waals surface area (Å²) in [7, 11) is 0. The zero-order chi connectivity index (χ0) is 17.6. The highest BCUT2D eigenvalue weighted by molar-refractivity contribution is 9.10. The maximum absolute atomic E-state index is 6.26. The van der Waals surface area contributed by atoms with Crippen molar-refractivity contribution in [3.05, 3.63) is 92.4 Å². The lowest BCUT2D eigenvalue weighted by Crippen LogP contribution is -2.26. The topological polar surface area (TPSA) is 64.2 Å². The van der Waals surface area contributed by atoms with Gasteiger partial charge in [0.05, 0.1) is 5.02 Å². The van der Waals surface area contributed by atoms with Crippen LogP contribution in [0.25, 0.3) is 0 Å². The molecule has 124 valence electrons. The van der Waals surface area contributed by atoms with Crippen LogP contribution >= 0.6 is 27.5 Å². The third-order valence-corrected chi connectivity index (χ3v) is 5.03. The van der Waals surface area contributed by atoms with Crippen LogP contribution in [0.1, 0.15) is 28.1 Å². The Morgan fingerprint density at radius 3 is 2.64 bits per heavy atom. The molecule has 3 aromatic rings. The number of aliphatic imine (C=N–C) groups is 1. The molecule has 0 saturated heterocycles. The van der Waals surface area contributed by atoms with Gasteiger partial charge in [0.2, 0.25) is 0 Å². The molecule has 1 unspecified atom stereocenters. The van der Waals surface area contributed by atoms with E-state index in [2.05, 4.69) is 25.9 Å². The van der Waals surface area contributed by atoms with Crippen molar-refractivity contribution in [1.82, 2.24) is 9.97 Å². The average Bonchev–Trinajstić information content (AvgIpc) is 2.88. The van der Waals surface area contributed by atoms with Gasteiger partial charge in [0.25, 0.3) is 0 Å². The highest BCUT2D eigenvalue weighted by Gasteiger charge is 2.44. The maximum Gasteiger partial charge on any atom is 0.146 e. The molecule has 0 radical (unpaired) electrons. The molecule has 0 aliphatic carbocycles. The van der Waals surface area contributed by atoms with Gasteiger partial charge in [-0.15, -0.1) is 0 Å². The van der Waals surface area contributed by atoms with Crippen LogP contribution in [0.15, 0.2) is 64.3 Å².